The molecule has 0 bridgehead atoms. The molecule has 2 atom stereocenters. The number of anilines is 1. The van der Waals surface area contributed by atoms with E-state index in [0.717, 1.165) is 11.1 Å². The average molecular weight is 298 g/mol. The lowest BCUT2D eigenvalue weighted by molar-refractivity contribution is 0.342. The number of nitrogens with zero attached hydrogens (tertiary/aromatic N) is 4. The van der Waals surface area contributed by atoms with Crippen LogP contribution in [0.1, 0.15) is 0 Å². The van der Waals surface area contributed by atoms with Crippen molar-refractivity contribution in [1.29, 1.82) is 0 Å². The second-order valence-electron chi connectivity index (χ2n) is 5.30. The molecule has 0 radical (unpaired) electrons. The van der Waals surface area contributed by atoms with Crippen LogP contribution in [0.25, 0.3) is 16.8 Å². The molecule has 0 amide bonds. The van der Waals surface area contributed by atoms with E-state index in [-0.39, 0.29) is 6.04 Å². The van der Waals surface area contributed by atoms with Crippen LogP contribution < -0.4 is 10.6 Å². The van der Waals surface area contributed by atoms with E-state index >= 15 is 0 Å². The fraction of sp³-hybridized carbons (Fsp3) is 0.267. The van der Waals surface area contributed by atoms with Crippen LogP contribution in [0, 0.1) is 0 Å². The van der Waals surface area contributed by atoms with Gasteiger partial charge in [0.1, 0.15) is 12.0 Å². The Morgan fingerprint density at radius 2 is 2.18 bits per heavy atom. The van der Waals surface area contributed by atoms with E-state index in [9.17, 15) is 4.39 Å². The molecule has 2 N–H and O–H groups in total. The monoisotopic (exact) mass is 298 g/mol. The van der Waals surface area contributed by atoms with Gasteiger partial charge in [-0.05, 0) is 12.1 Å². The first kappa shape index (κ1) is 13.1. The summed E-state index contributed by atoms with van der Waals surface area (Å²) < 4.78 is 15.5. The lowest BCUT2D eigenvalue weighted by atomic mass is 10.2. The van der Waals surface area contributed by atoms with Gasteiger partial charge < -0.3 is 10.6 Å². The molecule has 1 saturated heterocycles. The Balaban J connectivity index is 1.67. The molecule has 3 aromatic heterocycles. The lowest BCUT2D eigenvalue weighted by Gasteiger charge is -2.14. The van der Waals surface area contributed by atoms with Crippen LogP contribution in [-0.4, -0.2) is 44.9 Å². The predicted molar refractivity (Wildman–Crippen MR) is 81.4 cm³/mol. The number of nitrogens with one attached hydrogen (secondary N) is 2. The Bertz CT molecular complexity index is 801. The van der Waals surface area contributed by atoms with Gasteiger partial charge in [0, 0.05) is 24.8 Å². The number of hydrogen-bond donors (Lipinski definition) is 2. The summed E-state index contributed by atoms with van der Waals surface area (Å²) in [7, 11) is 0. The molecule has 2 unspecified atom stereocenters. The number of fused-ring (bicyclic) bond motifs is 1. The van der Waals surface area contributed by atoms with Gasteiger partial charge >= 0.3 is 0 Å². The molecule has 6 nitrogen and oxygen atoms in total. The van der Waals surface area contributed by atoms with Crippen molar-refractivity contribution in [1.82, 2.24) is 24.9 Å². The van der Waals surface area contributed by atoms with Crippen molar-refractivity contribution >= 4 is 11.3 Å². The first-order valence-electron chi connectivity index (χ1n) is 7.17. The standard InChI is InChI=1S/C15H15FN6/c16-11-6-17-8-13(11)21-15-9-18-7-12(20-15)10-5-19-22-4-2-1-3-14(10)22/h1-5,7,9,11,13,17H,6,8H2,(H,20,21). The summed E-state index contributed by atoms with van der Waals surface area (Å²) in [4.78, 5) is 8.75. The molecule has 0 aromatic carbocycles. The summed E-state index contributed by atoms with van der Waals surface area (Å²) in [6.45, 7) is 0.961. The summed E-state index contributed by atoms with van der Waals surface area (Å²) in [6, 6.07) is 5.58. The molecule has 4 rings (SSSR count). The van der Waals surface area contributed by atoms with E-state index in [4.69, 9.17) is 0 Å². The summed E-state index contributed by atoms with van der Waals surface area (Å²) in [5, 5.41) is 10.4. The highest BCUT2D eigenvalue weighted by molar-refractivity contribution is 5.77. The largest absolute Gasteiger partial charge is 0.362 e. The van der Waals surface area contributed by atoms with Crippen molar-refractivity contribution in [3.05, 3.63) is 43.0 Å². The second kappa shape index (κ2) is 5.34. The van der Waals surface area contributed by atoms with Crippen LogP contribution in [0.2, 0.25) is 0 Å². The highest BCUT2D eigenvalue weighted by Crippen LogP contribution is 2.23. The number of aromatic nitrogens is 4. The third kappa shape index (κ3) is 2.29. The Morgan fingerprint density at radius 1 is 1.23 bits per heavy atom. The first-order chi connectivity index (χ1) is 10.8. The van der Waals surface area contributed by atoms with Crippen LogP contribution in [0.3, 0.4) is 0 Å². The van der Waals surface area contributed by atoms with E-state index in [2.05, 4.69) is 25.7 Å². The van der Waals surface area contributed by atoms with Crippen LogP contribution >= 0.6 is 0 Å². The van der Waals surface area contributed by atoms with Gasteiger partial charge in [-0.2, -0.15) is 5.10 Å². The third-order valence-electron chi connectivity index (χ3n) is 3.81. The van der Waals surface area contributed by atoms with Gasteiger partial charge in [-0.3, -0.25) is 4.98 Å². The average Bonchev–Trinajstić information content (AvgIpc) is 3.14. The van der Waals surface area contributed by atoms with Crippen molar-refractivity contribution in [2.45, 2.75) is 12.2 Å². The van der Waals surface area contributed by atoms with Crippen LogP contribution in [0.5, 0.6) is 0 Å². The molecular formula is C15H15FN6. The Hall–Kier alpha value is -2.54. The molecule has 4 heterocycles. The molecule has 0 aliphatic carbocycles. The third-order valence-corrected chi connectivity index (χ3v) is 3.81. The topological polar surface area (TPSA) is 67.1 Å². The van der Waals surface area contributed by atoms with Crippen LogP contribution in [-0.2, 0) is 0 Å². The maximum atomic E-state index is 13.7. The van der Waals surface area contributed by atoms with Gasteiger partial charge in [-0.25, -0.2) is 13.9 Å². The van der Waals surface area contributed by atoms with Crippen molar-refractivity contribution < 1.29 is 4.39 Å². The molecule has 7 heteroatoms. The maximum Gasteiger partial charge on any atom is 0.145 e. The molecule has 112 valence electrons. The minimum Gasteiger partial charge on any atom is -0.362 e. The van der Waals surface area contributed by atoms with Crippen LogP contribution in [0.15, 0.2) is 43.0 Å². The van der Waals surface area contributed by atoms with Crippen LogP contribution in [0.4, 0.5) is 10.2 Å². The molecule has 22 heavy (non-hydrogen) atoms. The van der Waals surface area contributed by atoms with Gasteiger partial charge in [0.15, 0.2) is 0 Å². The highest BCUT2D eigenvalue weighted by Gasteiger charge is 2.26. The smallest absolute Gasteiger partial charge is 0.145 e. The zero-order chi connectivity index (χ0) is 14.9. The fourth-order valence-electron chi connectivity index (χ4n) is 2.68. The Morgan fingerprint density at radius 3 is 3.05 bits per heavy atom. The van der Waals surface area contributed by atoms with E-state index in [1.165, 1.54) is 0 Å². The van der Waals surface area contributed by atoms with E-state index in [1.54, 1.807) is 23.1 Å². The quantitative estimate of drug-likeness (QED) is 0.767. The predicted octanol–water partition coefficient (Wildman–Crippen LogP) is 1.51. The Labute approximate surface area is 126 Å². The number of hydrogen-bond acceptors (Lipinski definition) is 5. The zero-order valence-corrected chi connectivity index (χ0v) is 11.8. The summed E-state index contributed by atoms with van der Waals surface area (Å²) in [5.41, 5.74) is 2.57. The number of halogens is 1. The summed E-state index contributed by atoms with van der Waals surface area (Å²) in [5.74, 6) is 0.573. The molecule has 0 saturated carbocycles. The molecule has 1 aliphatic heterocycles. The van der Waals surface area contributed by atoms with Crippen molar-refractivity contribution in [2.75, 3.05) is 18.4 Å². The summed E-state index contributed by atoms with van der Waals surface area (Å²) in [6.07, 6.45) is 6.03. The van der Waals surface area contributed by atoms with Gasteiger partial charge in [0.25, 0.3) is 0 Å². The minimum atomic E-state index is -0.914. The molecule has 0 spiro atoms. The van der Waals surface area contributed by atoms with Gasteiger partial charge in [-0.1, -0.05) is 6.07 Å². The summed E-state index contributed by atoms with van der Waals surface area (Å²) >= 11 is 0. The Kier molecular flexibility index (Phi) is 3.19. The van der Waals surface area contributed by atoms with Gasteiger partial charge in [0.2, 0.25) is 0 Å². The fourth-order valence-corrected chi connectivity index (χ4v) is 2.68. The van der Waals surface area contributed by atoms with Crippen molar-refractivity contribution in [2.24, 2.45) is 0 Å². The minimum absolute atomic E-state index is 0.270. The number of alkyl halides is 1. The number of rotatable bonds is 3. The normalized spacial score (nSPS) is 21.3. The highest BCUT2D eigenvalue weighted by atomic mass is 19.1. The van der Waals surface area contributed by atoms with Gasteiger partial charge in [-0.15, -0.1) is 0 Å². The molecule has 1 fully saturated rings. The molecule has 1 aliphatic rings. The maximum absolute atomic E-state index is 13.7. The van der Waals surface area contributed by atoms with E-state index in [0.29, 0.717) is 24.6 Å². The van der Waals surface area contributed by atoms with Gasteiger partial charge in [0.05, 0.1) is 35.8 Å². The van der Waals surface area contributed by atoms with E-state index < -0.39 is 6.17 Å². The molecular weight excluding hydrogens is 283 g/mol. The zero-order valence-electron chi connectivity index (χ0n) is 11.8. The second-order valence-corrected chi connectivity index (χ2v) is 5.30. The SMILES string of the molecule is FC1CNCC1Nc1cncc(-c2cnn3ccccc23)n1. The first-order valence-corrected chi connectivity index (χ1v) is 7.17. The number of pyridine rings is 1. The van der Waals surface area contributed by atoms with E-state index in [1.807, 2.05) is 24.4 Å². The van der Waals surface area contributed by atoms with Crippen molar-refractivity contribution in [3.63, 3.8) is 0 Å². The molecule has 3 aromatic rings. The van der Waals surface area contributed by atoms with Crippen molar-refractivity contribution in [3.8, 4) is 11.3 Å². The lowest BCUT2D eigenvalue weighted by Crippen LogP contribution is -2.29.